The number of likely N-dealkylation sites (tertiary alicyclic amines) is 1. The van der Waals surface area contributed by atoms with Gasteiger partial charge in [0.05, 0.1) is 6.20 Å². The zero-order valence-electron chi connectivity index (χ0n) is 15.3. The quantitative estimate of drug-likeness (QED) is 0.894. The number of nitrogens with zero attached hydrogens (tertiary/aromatic N) is 2. The number of hydrogen-bond donors (Lipinski definition) is 1. The topological polar surface area (TPSA) is 58.4 Å². The first-order chi connectivity index (χ1) is 12.1. The Balaban J connectivity index is 1.67. The van der Waals surface area contributed by atoms with E-state index in [2.05, 4.69) is 49.4 Å². The molecular formula is C20H27N3O2. The van der Waals surface area contributed by atoms with Gasteiger partial charge >= 0.3 is 0 Å². The van der Waals surface area contributed by atoms with Gasteiger partial charge in [-0.3, -0.25) is 4.79 Å². The zero-order chi connectivity index (χ0) is 17.8. The first-order valence-corrected chi connectivity index (χ1v) is 9.15. The minimum atomic E-state index is 0.0382. The minimum absolute atomic E-state index is 0.0382. The second-order valence-electron chi connectivity index (χ2n) is 6.95. The van der Waals surface area contributed by atoms with Gasteiger partial charge in [0.1, 0.15) is 11.3 Å². The molecule has 3 rings (SSSR count). The summed E-state index contributed by atoms with van der Waals surface area (Å²) in [6.45, 7) is 7.82. The van der Waals surface area contributed by atoms with Gasteiger partial charge in [0.15, 0.2) is 0 Å². The van der Waals surface area contributed by atoms with E-state index in [0.717, 1.165) is 37.9 Å². The van der Waals surface area contributed by atoms with Crippen LogP contribution in [0, 0.1) is 13.8 Å². The Labute approximate surface area is 149 Å². The molecule has 25 heavy (non-hydrogen) atoms. The number of anilines is 1. The van der Waals surface area contributed by atoms with Crippen LogP contribution in [0.5, 0.6) is 0 Å². The van der Waals surface area contributed by atoms with E-state index in [-0.39, 0.29) is 11.9 Å². The van der Waals surface area contributed by atoms with Crippen molar-refractivity contribution in [1.29, 1.82) is 0 Å². The number of nitrogens with one attached hydrogen (secondary N) is 1. The average Bonchev–Trinajstić information content (AvgIpc) is 3.06. The maximum atomic E-state index is 12.9. The largest absolute Gasteiger partial charge is 0.381 e. The van der Waals surface area contributed by atoms with Crippen molar-refractivity contribution in [3.05, 3.63) is 46.8 Å². The molecule has 0 aliphatic carbocycles. The van der Waals surface area contributed by atoms with Crippen molar-refractivity contribution in [2.75, 3.05) is 18.4 Å². The van der Waals surface area contributed by atoms with E-state index in [4.69, 9.17) is 4.52 Å². The molecule has 1 N–H and O–H groups in total. The fourth-order valence-electron chi connectivity index (χ4n) is 3.36. The monoisotopic (exact) mass is 341 g/mol. The molecule has 1 amide bonds. The van der Waals surface area contributed by atoms with Crippen LogP contribution in [0.1, 0.15) is 53.4 Å². The summed E-state index contributed by atoms with van der Waals surface area (Å²) in [6, 6.07) is 6.70. The molecule has 1 fully saturated rings. The van der Waals surface area contributed by atoms with Gasteiger partial charge in [-0.15, -0.1) is 0 Å². The molecule has 1 aliphatic heterocycles. The molecule has 1 saturated heterocycles. The van der Waals surface area contributed by atoms with Crippen molar-refractivity contribution in [3.8, 4) is 0 Å². The number of aryl methyl sites for hydroxylation is 3. The van der Waals surface area contributed by atoms with Crippen molar-refractivity contribution < 1.29 is 9.32 Å². The van der Waals surface area contributed by atoms with Crippen molar-refractivity contribution in [3.63, 3.8) is 0 Å². The van der Waals surface area contributed by atoms with E-state index in [1.807, 2.05) is 4.90 Å². The molecule has 1 aromatic heterocycles. The Hall–Kier alpha value is -2.30. The van der Waals surface area contributed by atoms with Crippen molar-refractivity contribution in [2.45, 2.75) is 52.5 Å². The van der Waals surface area contributed by atoms with E-state index in [1.165, 1.54) is 11.1 Å². The molecule has 5 heteroatoms. The summed E-state index contributed by atoms with van der Waals surface area (Å²) in [5, 5.41) is 7.41. The van der Waals surface area contributed by atoms with Crippen molar-refractivity contribution in [2.24, 2.45) is 0 Å². The molecule has 134 valence electrons. The lowest BCUT2D eigenvalue weighted by atomic mass is 10.0. The lowest BCUT2D eigenvalue weighted by molar-refractivity contribution is 0.0712. The predicted molar refractivity (Wildman–Crippen MR) is 99.0 cm³/mol. The van der Waals surface area contributed by atoms with E-state index in [0.29, 0.717) is 17.9 Å². The van der Waals surface area contributed by atoms with Crippen LogP contribution in [0.2, 0.25) is 0 Å². The van der Waals surface area contributed by atoms with Gasteiger partial charge in [0, 0.05) is 31.2 Å². The highest BCUT2D eigenvalue weighted by Crippen LogP contribution is 2.21. The summed E-state index contributed by atoms with van der Waals surface area (Å²) in [6.07, 6.45) is 5.32. The summed E-state index contributed by atoms with van der Waals surface area (Å²) in [5.74, 6) is 0.744. The summed E-state index contributed by atoms with van der Waals surface area (Å²) >= 11 is 0. The zero-order valence-corrected chi connectivity index (χ0v) is 15.3. The number of hydrogen-bond acceptors (Lipinski definition) is 4. The van der Waals surface area contributed by atoms with E-state index in [1.54, 1.807) is 6.20 Å². The second-order valence-corrected chi connectivity index (χ2v) is 6.95. The third-order valence-electron chi connectivity index (χ3n) is 4.94. The Morgan fingerprint density at radius 1 is 1.36 bits per heavy atom. The first-order valence-electron chi connectivity index (χ1n) is 9.15. The molecule has 0 spiro atoms. The van der Waals surface area contributed by atoms with Crippen LogP contribution in [-0.2, 0) is 6.42 Å². The van der Waals surface area contributed by atoms with E-state index in [9.17, 15) is 4.79 Å². The van der Waals surface area contributed by atoms with Gasteiger partial charge in [-0.25, -0.2) is 0 Å². The molecule has 0 radical (unpaired) electrons. The third-order valence-corrected chi connectivity index (χ3v) is 4.94. The minimum Gasteiger partial charge on any atom is -0.381 e. The van der Waals surface area contributed by atoms with Crippen LogP contribution in [0.3, 0.4) is 0 Å². The van der Waals surface area contributed by atoms with Gasteiger partial charge in [-0.05, 0) is 56.4 Å². The van der Waals surface area contributed by atoms with Gasteiger partial charge in [-0.1, -0.05) is 18.1 Å². The third kappa shape index (κ3) is 4.03. The molecule has 5 nitrogen and oxygen atoms in total. The average molecular weight is 341 g/mol. The number of rotatable bonds is 5. The summed E-state index contributed by atoms with van der Waals surface area (Å²) < 4.78 is 5.25. The molecule has 2 aromatic rings. The Bertz CT molecular complexity index is 738. The Kier molecular flexibility index (Phi) is 5.41. The van der Waals surface area contributed by atoms with Crippen LogP contribution >= 0.6 is 0 Å². The van der Waals surface area contributed by atoms with E-state index < -0.39 is 0 Å². The van der Waals surface area contributed by atoms with Crippen molar-refractivity contribution in [1.82, 2.24) is 10.1 Å². The lowest BCUT2D eigenvalue weighted by Gasteiger charge is -2.33. The van der Waals surface area contributed by atoms with E-state index >= 15 is 0 Å². The molecule has 0 saturated carbocycles. The lowest BCUT2D eigenvalue weighted by Crippen LogP contribution is -2.45. The van der Waals surface area contributed by atoms with Crippen LogP contribution < -0.4 is 5.32 Å². The number of carbonyl (C=O) groups excluding carboxylic acids is 1. The maximum Gasteiger partial charge on any atom is 0.259 e. The maximum absolute atomic E-state index is 12.9. The first kappa shape index (κ1) is 17.5. The SMILES string of the molecule is CCCc1oncc1C(=O)N1CCCC(Nc2ccc(C)c(C)c2)C1. The van der Waals surface area contributed by atoms with Crippen LogP contribution in [-0.4, -0.2) is 35.1 Å². The van der Waals surface area contributed by atoms with Gasteiger partial charge in [0.2, 0.25) is 0 Å². The second kappa shape index (κ2) is 7.72. The fourth-order valence-corrected chi connectivity index (χ4v) is 3.36. The number of benzene rings is 1. The Morgan fingerprint density at radius 2 is 2.20 bits per heavy atom. The molecule has 1 atom stereocenters. The Morgan fingerprint density at radius 3 is 2.96 bits per heavy atom. The number of piperidine rings is 1. The number of carbonyl (C=O) groups is 1. The molecule has 1 aliphatic rings. The standard InChI is InChI=1S/C20H27N3O2/c1-4-6-19-18(12-21-25-19)20(24)23-10-5-7-17(13-23)22-16-9-8-14(2)15(3)11-16/h8-9,11-12,17,22H,4-7,10,13H2,1-3H3. The molecule has 1 aromatic carbocycles. The summed E-state index contributed by atoms with van der Waals surface area (Å²) in [7, 11) is 0. The summed E-state index contributed by atoms with van der Waals surface area (Å²) in [4.78, 5) is 14.8. The molecule has 2 heterocycles. The highest BCUT2D eigenvalue weighted by Gasteiger charge is 2.27. The van der Waals surface area contributed by atoms with Crippen LogP contribution in [0.25, 0.3) is 0 Å². The van der Waals surface area contributed by atoms with Crippen molar-refractivity contribution >= 4 is 11.6 Å². The smallest absolute Gasteiger partial charge is 0.259 e. The highest BCUT2D eigenvalue weighted by molar-refractivity contribution is 5.95. The summed E-state index contributed by atoms with van der Waals surface area (Å²) in [5.41, 5.74) is 4.32. The van der Waals surface area contributed by atoms with Crippen LogP contribution in [0.4, 0.5) is 5.69 Å². The molecular weight excluding hydrogens is 314 g/mol. The number of amides is 1. The van der Waals surface area contributed by atoms with Gasteiger partial charge in [-0.2, -0.15) is 0 Å². The fraction of sp³-hybridized carbons (Fsp3) is 0.500. The molecule has 0 bridgehead atoms. The number of aromatic nitrogens is 1. The van der Waals surface area contributed by atoms with Gasteiger partial charge < -0.3 is 14.7 Å². The molecule has 1 unspecified atom stereocenters. The van der Waals surface area contributed by atoms with Crippen LogP contribution in [0.15, 0.2) is 28.9 Å². The predicted octanol–water partition coefficient (Wildman–Crippen LogP) is 3.96. The van der Waals surface area contributed by atoms with Gasteiger partial charge in [0.25, 0.3) is 5.91 Å². The normalized spacial score (nSPS) is 17.6. The highest BCUT2D eigenvalue weighted by atomic mass is 16.5.